The largest absolute Gasteiger partial charge is 0.379 e. The van der Waals surface area contributed by atoms with Crippen LogP contribution in [0.25, 0.3) is 0 Å². The van der Waals surface area contributed by atoms with Crippen molar-refractivity contribution in [2.45, 2.75) is 13.8 Å². The SMILES string of the molecule is CC=C(C)S(=O)(=O)Oc1ccccc1. The number of hydrogen-bond acceptors (Lipinski definition) is 3. The summed E-state index contributed by atoms with van der Waals surface area (Å²) in [4.78, 5) is 0.210. The second kappa shape index (κ2) is 4.28. The summed E-state index contributed by atoms with van der Waals surface area (Å²) in [6.07, 6.45) is 1.50. The van der Waals surface area contributed by atoms with Crippen LogP contribution in [0.4, 0.5) is 0 Å². The van der Waals surface area contributed by atoms with Crippen molar-refractivity contribution in [2.24, 2.45) is 0 Å². The summed E-state index contributed by atoms with van der Waals surface area (Å²) in [6.45, 7) is 3.15. The van der Waals surface area contributed by atoms with Crippen molar-refractivity contribution in [3.05, 3.63) is 41.3 Å². The molecule has 0 aliphatic rings. The van der Waals surface area contributed by atoms with E-state index in [0.717, 1.165) is 0 Å². The molecular formula is C10H12O3S. The standard InChI is InChI=1S/C10H12O3S/c1-3-9(2)14(11,12)13-10-7-5-4-6-8-10/h3-8H,1-2H3. The van der Waals surface area contributed by atoms with Crippen LogP contribution in [0.3, 0.4) is 0 Å². The van der Waals surface area contributed by atoms with E-state index in [2.05, 4.69) is 0 Å². The van der Waals surface area contributed by atoms with Crippen molar-refractivity contribution in [3.63, 3.8) is 0 Å². The lowest BCUT2D eigenvalue weighted by Gasteiger charge is -2.05. The molecule has 1 aromatic rings. The summed E-state index contributed by atoms with van der Waals surface area (Å²) >= 11 is 0. The van der Waals surface area contributed by atoms with Gasteiger partial charge in [-0.05, 0) is 26.0 Å². The number of hydrogen-bond donors (Lipinski definition) is 0. The Balaban J connectivity index is 2.91. The Morgan fingerprint density at radius 1 is 1.29 bits per heavy atom. The first-order chi connectivity index (χ1) is 6.56. The van der Waals surface area contributed by atoms with Gasteiger partial charge in [-0.3, -0.25) is 0 Å². The van der Waals surface area contributed by atoms with E-state index in [-0.39, 0.29) is 4.91 Å². The Morgan fingerprint density at radius 2 is 1.86 bits per heavy atom. The third-order valence-electron chi connectivity index (χ3n) is 1.75. The lowest BCUT2D eigenvalue weighted by molar-refractivity contribution is 0.493. The second-order valence-corrected chi connectivity index (χ2v) is 4.47. The molecule has 0 N–H and O–H groups in total. The van der Waals surface area contributed by atoms with Gasteiger partial charge in [-0.15, -0.1) is 0 Å². The van der Waals surface area contributed by atoms with Crippen LogP contribution in [0.15, 0.2) is 41.3 Å². The van der Waals surface area contributed by atoms with Gasteiger partial charge in [-0.25, -0.2) is 0 Å². The molecule has 0 aliphatic carbocycles. The number of para-hydroxylation sites is 1. The van der Waals surface area contributed by atoms with E-state index >= 15 is 0 Å². The summed E-state index contributed by atoms with van der Waals surface area (Å²) in [6, 6.07) is 8.43. The maximum absolute atomic E-state index is 11.4. The first-order valence-electron chi connectivity index (χ1n) is 4.18. The van der Waals surface area contributed by atoms with E-state index in [0.29, 0.717) is 5.75 Å². The summed E-state index contributed by atoms with van der Waals surface area (Å²) in [5.41, 5.74) is 0. The Morgan fingerprint density at radius 3 is 2.36 bits per heavy atom. The maximum Gasteiger partial charge on any atom is 0.334 e. The molecule has 3 nitrogen and oxygen atoms in total. The molecule has 0 fully saturated rings. The van der Waals surface area contributed by atoms with E-state index in [9.17, 15) is 8.42 Å². The van der Waals surface area contributed by atoms with Gasteiger partial charge in [-0.2, -0.15) is 8.42 Å². The molecule has 0 heterocycles. The fourth-order valence-electron chi connectivity index (χ4n) is 0.813. The van der Waals surface area contributed by atoms with E-state index in [1.165, 1.54) is 13.0 Å². The predicted molar refractivity (Wildman–Crippen MR) is 55.4 cm³/mol. The van der Waals surface area contributed by atoms with Gasteiger partial charge >= 0.3 is 10.1 Å². The maximum atomic E-state index is 11.4. The van der Waals surface area contributed by atoms with Crippen LogP contribution in [0, 0.1) is 0 Å². The Labute approximate surface area is 84.1 Å². The first kappa shape index (κ1) is 10.8. The average molecular weight is 212 g/mol. The van der Waals surface area contributed by atoms with Crippen LogP contribution in [0.5, 0.6) is 5.75 Å². The van der Waals surface area contributed by atoms with E-state index < -0.39 is 10.1 Å². The lowest BCUT2D eigenvalue weighted by atomic mass is 10.3. The van der Waals surface area contributed by atoms with Gasteiger partial charge < -0.3 is 4.18 Å². The van der Waals surface area contributed by atoms with Crippen molar-refractivity contribution in [1.29, 1.82) is 0 Å². The van der Waals surface area contributed by atoms with E-state index in [1.54, 1.807) is 37.3 Å². The van der Waals surface area contributed by atoms with Gasteiger partial charge in [0.05, 0.1) is 4.91 Å². The molecule has 0 radical (unpaired) electrons. The molecule has 0 atom stereocenters. The van der Waals surface area contributed by atoms with Gasteiger partial charge in [0.2, 0.25) is 0 Å². The van der Waals surface area contributed by atoms with Gasteiger partial charge in [0, 0.05) is 0 Å². The molecule has 76 valence electrons. The fraction of sp³-hybridized carbons (Fsp3) is 0.200. The van der Waals surface area contributed by atoms with Crippen LogP contribution in [-0.2, 0) is 10.1 Å². The topological polar surface area (TPSA) is 43.4 Å². The smallest absolute Gasteiger partial charge is 0.334 e. The third kappa shape index (κ3) is 2.60. The molecule has 0 unspecified atom stereocenters. The molecule has 1 rings (SSSR count). The van der Waals surface area contributed by atoms with Crippen molar-refractivity contribution < 1.29 is 12.6 Å². The molecule has 14 heavy (non-hydrogen) atoms. The Bertz CT molecular complexity index is 418. The number of rotatable bonds is 3. The zero-order chi connectivity index (χ0) is 10.6. The zero-order valence-electron chi connectivity index (χ0n) is 8.10. The third-order valence-corrected chi connectivity index (χ3v) is 3.19. The highest BCUT2D eigenvalue weighted by Gasteiger charge is 2.14. The highest BCUT2D eigenvalue weighted by atomic mass is 32.2. The molecule has 0 saturated heterocycles. The first-order valence-corrected chi connectivity index (χ1v) is 5.59. The summed E-state index contributed by atoms with van der Waals surface area (Å²) in [5.74, 6) is 0.328. The molecule has 0 saturated carbocycles. The summed E-state index contributed by atoms with van der Waals surface area (Å²) in [5, 5.41) is 0. The monoisotopic (exact) mass is 212 g/mol. The fourth-order valence-corrected chi connectivity index (χ4v) is 1.60. The van der Waals surface area contributed by atoms with Crippen LogP contribution in [0.1, 0.15) is 13.8 Å². The molecule has 0 aromatic heterocycles. The summed E-state index contributed by atoms with van der Waals surface area (Å²) < 4.78 is 27.7. The van der Waals surface area contributed by atoms with Crippen LogP contribution in [0.2, 0.25) is 0 Å². The molecule has 0 amide bonds. The normalized spacial score (nSPS) is 12.6. The average Bonchev–Trinajstić information content (AvgIpc) is 2.17. The second-order valence-electron chi connectivity index (χ2n) is 2.75. The Kier molecular flexibility index (Phi) is 3.30. The van der Waals surface area contributed by atoms with Crippen molar-refractivity contribution in [2.75, 3.05) is 0 Å². The Hall–Kier alpha value is -1.29. The molecular weight excluding hydrogens is 200 g/mol. The highest BCUT2D eigenvalue weighted by molar-refractivity contribution is 7.91. The quantitative estimate of drug-likeness (QED) is 0.722. The van der Waals surface area contributed by atoms with Crippen molar-refractivity contribution >= 4 is 10.1 Å². The minimum absolute atomic E-state index is 0.210. The minimum atomic E-state index is -3.60. The van der Waals surface area contributed by atoms with Crippen molar-refractivity contribution in [3.8, 4) is 5.75 Å². The van der Waals surface area contributed by atoms with Gasteiger partial charge in [-0.1, -0.05) is 24.3 Å². The van der Waals surface area contributed by atoms with Crippen LogP contribution < -0.4 is 4.18 Å². The molecule has 0 bridgehead atoms. The van der Waals surface area contributed by atoms with Crippen LogP contribution >= 0.6 is 0 Å². The number of allylic oxidation sites excluding steroid dienone is 2. The van der Waals surface area contributed by atoms with Gasteiger partial charge in [0.15, 0.2) is 0 Å². The molecule has 1 aromatic carbocycles. The van der Waals surface area contributed by atoms with Crippen LogP contribution in [-0.4, -0.2) is 8.42 Å². The van der Waals surface area contributed by atoms with E-state index in [4.69, 9.17) is 4.18 Å². The minimum Gasteiger partial charge on any atom is -0.379 e. The van der Waals surface area contributed by atoms with Crippen molar-refractivity contribution in [1.82, 2.24) is 0 Å². The van der Waals surface area contributed by atoms with E-state index in [1.807, 2.05) is 0 Å². The lowest BCUT2D eigenvalue weighted by Crippen LogP contribution is -2.09. The number of benzene rings is 1. The highest BCUT2D eigenvalue weighted by Crippen LogP contribution is 2.15. The summed E-state index contributed by atoms with van der Waals surface area (Å²) in [7, 11) is -3.60. The zero-order valence-corrected chi connectivity index (χ0v) is 8.91. The predicted octanol–water partition coefficient (Wildman–Crippen LogP) is 2.32. The molecule has 0 aliphatic heterocycles. The molecule has 4 heteroatoms. The van der Waals surface area contributed by atoms with Gasteiger partial charge in [0.25, 0.3) is 0 Å². The molecule has 0 spiro atoms. The van der Waals surface area contributed by atoms with Gasteiger partial charge in [0.1, 0.15) is 5.75 Å².